The number of carbonyl (C=O) groups is 1. The molecule has 0 aliphatic rings. The van der Waals surface area contributed by atoms with E-state index in [4.69, 9.17) is 5.26 Å². The molecule has 0 unspecified atom stereocenters. The van der Waals surface area contributed by atoms with Crippen LogP contribution in [0.15, 0.2) is 6.07 Å². The number of ketones is 1. The second-order valence-electron chi connectivity index (χ2n) is 3.60. The highest BCUT2D eigenvalue weighted by Crippen LogP contribution is 2.37. The third kappa shape index (κ3) is 3.05. The van der Waals surface area contributed by atoms with Crippen LogP contribution in [-0.2, 0) is 0 Å². The lowest BCUT2D eigenvalue weighted by Gasteiger charge is -2.18. The van der Waals surface area contributed by atoms with E-state index in [0.717, 1.165) is 11.3 Å². The summed E-state index contributed by atoms with van der Waals surface area (Å²) in [4.78, 5) is 23.9. The summed E-state index contributed by atoms with van der Waals surface area (Å²) in [6.07, 6.45) is 0.290. The van der Waals surface area contributed by atoms with Crippen LogP contribution in [0.4, 0.5) is 10.7 Å². The van der Waals surface area contributed by atoms with Crippen LogP contribution in [0.5, 0.6) is 0 Å². The fraction of sp³-hybridized carbons (Fsp3) is 0.455. The topological polar surface area (TPSA) is 87.2 Å². The zero-order valence-electron chi connectivity index (χ0n) is 10.2. The Morgan fingerprint density at radius 3 is 2.78 bits per heavy atom. The molecule has 0 spiro atoms. The third-order valence-electron chi connectivity index (χ3n) is 2.40. The summed E-state index contributed by atoms with van der Waals surface area (Å²) in [6.45, 7) is 4.21. The maximum atomic E-state index is 11.3. The van der Waals surface area contributed by atoms with Crippen molar-refractivity contribution in [3.05, 3.63) is 21.1 Å². The zero-order chi connectivity index (χ0) is 13.7. The largest absolute Gasteiger partial charge is 0.357 e. The van der Waals surface area contributed by atoms with Crippen LogP contribution in [0.2, 0.25) is 0 Å². The van der Waals surface area contributed by atoms with Crippen molar-refractivity contribution >= 4 is 27.8 Å². The fourth-order valence-corrected chi connectivity index (χ4v) is 2.60. The maximum Gasteiger partial charge on any atom is 0.304 e. The Balaban J connectivity index is 3.15. The SMILES string of the molecule is CCN(CCC#N)c1sc(C(C)=O)cc1[N+](=O)[O-]. The van der Waals surface area contributed by atoms with Gasteiger partial charge in [0.1, 0.15) is 0 Å². The molecule has 0 bridgehead atoms. The number of hydrogen-bond donors (Lipinski definition) is 0. The first-order chi connectivity index (χ1) is 8.51. The highest BCUT2D eigenvalue weighted by molar-refractivity contribution is 7.18. The summed E-state index contributed by atoms with van der Waals surface area (Å²) in [6, 6.07) is 3.31. The molecule has 7 heteroatoms. The fourth-order valence-electron chi connectivity index (χ4n) is 1.49. The summed E-state index contributed by atoms with van der Waals surface area (Å²) in [7, 11) is 0. The molecule has 6 nitrogen and oxygen atoms in total. The Bertz CT molecular complexity index is 504. The van der Waals surface area contributed by atoms with Gasteiger partial charge in [0, 0.05) is 19.2 Å². The zero-order valence-corrected chi connectivity index (χ0v) is 11.0. The molecule has 0 radical (unpaired) electrons. The number of nitriles is 1. The standard InChI is InChI=1S/C11H13N3O3S/c1-3-13(6-4-5-12)11-9(14(16)17)7-10(18-11)8(2)15/h7H,3-4,6H2,1-2H3. The van der Waals surface area contributed by atoms with Gasteiger partial charge in [0.2, 0.25) is 0 Å². The van der Waals surface area contributed by atoms with Crippen LogP contribution in [0.25, 0.3) is 0 Å². The van der Waals surface area contributed by atoms with E-state index in [-0.39, 0.29) is 17.9 Å². The number of anilines is 1. The van der Waals surface area contributed by atoms with E-state index in [1.807, 2.05) is 13.0 Å². The van der Waals surface area contributed by atoms with E-state index >= 15 is 0 Å². The first-order valence-electron chi connectivity index (χ1n) is 5.42. The second kappa shape index (κ2) is 6.12. The van der Waals surface area contributed by atoms with Gasteiger partial charge in [0.15, 0.2) is 10.8 Å². The van der Waals surface area contributed by atoms with Crippen LogP contribution < -0.4 is 4.90 Å². The van der Waals surface area contributed by atoms with Gasteiger partial charge >= 0.3 is 5.69 Å². The average Bonchev–Trinajstić information content (AvgIpc) is 2.75. The lowest BCUT2D eigenvalue weighted by atomic mass is 10.3. The van der Waals surface area contributed by atoms with Gasteiger partial charge in [0.25, 0.3) is 0 Å². The molecule has 1 rings (SSSR count). The first kappa shape index (κ1) is 14.1. The molecular weight excluding hydrogens is 254 g/mol. The van der Waals surface area contributed by atoms with Crippen molar-refractivity contribution in [3.8, 4) is 6.07 Å². The predicted molar refractivity (Wildman–Crippen MR) is 69.1 cm³/mol. The van der Waals surface area contributed by atoms with Crippen molar-refractivity contribution in [2.45, 2.75) is 20.3 Å². The maximum absolute atomic E-state index is 11.3. The van der Waals surface area contributed by atoms with Crippen LogP contribution in [0, 0.1) is 21.4 Å². The highest BCUT2D eigenvalue weighted by atomic mass is 32.1. The van der Waals surface area contributed by atoms with Gasteiger partial charge in [-0.3, -0.25) is 14.9 Å². The van der Waals surface area contributed by atoms with Crippen molar-refractivity contribution in [2.75, 3.05) is 18.0 Å². The normalized spacial score (nSPS) is 9.83. The second-order valence-corrected chi connectivity index (χ2v) is 4.63. The average molecular weight is 267 g/mol. The van der Waals surface area contributed by atoms with Crippen molar-refractivity contribution in [2.24, 2.45) is 0 Å². The molecule has 1 aromatic rings. The van der Waals surface area contributed by atoms with Gasteiger partial charge in [0.05, 0.1) is 22.3 Å². The minimum atomic E-state index is -0.493. The van der Waals surface area contributed by atoms with Gasteiger partial charge in [-0.05, 0) is 13.8 Å². The smallest absolute Gasteiger partial charge is 0.304 e. The van der Waals surface area contributed by atoms with E-state index in [1.165, 1.54) is 13.0 Å². The lowest BCUT2D eigenvalue weighted by molar-refractivity contribution is -0.383. The van der Waals surface area contributed by atoms with Gasteiger partial charge in [-0.25, -0.2) is 0 Å². The molecule has 0 aliphatic carbocycles. The summed E-state index contributed by atoms with van der Waals surface area (Å²) >= 11 is 1.10. The summed E-state index contributed by atoms with van der Waals surface area (Å²) in [5.41, 5.74) is -0.0648. The van der Waals surface area contributed by atoms with Crippen LogP contribution in [0.3, 0.4) is 0 Å². The van der Waals surface area contributed by atoms with Crippen molar-refractivity contribution < 1.29 is 9.72 Å². The highest BCUT2D eigenvalue weighted by Gasteiger charge is 2.24. The summed E-state index contributed by atoms with van der Waals surface area (Å²) in [5, 5.41) is 20.0. The summed E-state index contributed by atoms with van der Waals surface area (Å²) < 4.78 is 0. The van der Waals surface area contributed by atoms with Gasteiger partial charge in [-0.2, -0.15) is 5.26 Å². The molecule has 0 saturated heterocycles. The molecule has 0 N–H and O–H groups in total. The van der Waals surface area contributed by atoms with Gasteiger partial charge < -0.3 is 4.90 Å². The Hall–Kier alpha value is -1.94. The Morgan fingerprint density at radius 1 is 1.67 bits per heavy atom. The Labute approximate surface area is 109 Å². The van der Waals surface area contributed by atoms with E-state index in [2.05, 4.69) is 0 Å². The minimum Gasteiger partial charge on any atom is -0.357 e. The summed E-state index contributed by atoms with van der Waals surface area (Å²) in [5.74, 6) is -0.189. The molecule has 0 aliphatic heterocycles. The van der Waals surface area contributed by atoms with E-state index < -0.39 is 4.92 Å². The Kier molecular flexibility index (Phi) is 4.80. The van der Waals surface area contributed by atoms with Crippen molar-refractivity contribution in [3.63, 3.8) is 0 Å². The van der Waals surface area contributed by atoms with Crippen LogP contribution in [0.1, 0.15) is 29.9 Å². The monoisotopic (exact) mass is 267 g/mol. The number of Topliss-reactive ketones (excluding diaryl/α,β-unsaturated/α-hetero) is 1. The predicted octanol–water partition coefficient (Wildman–Crippen LogP) is 2.60. The van der Waals surface area contributed by atoms with Gasteiger partial charge in [-0.15, -0.1) is 11.3 Å². The van der Waals surface area contributed by atoms with Gasteiger partial charge in [-0.1, -0.05) is 0 Å². The molecule has 0 atom stereocenters. The molecule has 0 aromatic carbocycles. The third-order valence-corrected chi connectivity index (χ3v) is 3.69. The number of nitrogens with zero attached hydrogens (tertiary/aromatic N) is 3. The molecule has 0 saturated carbocycles. The molecule has 96 valence electrons. The molecule has 1 heterocycles. The van der Waals surface area contributed by atoms with E-state index in [1.54, 1.807) is 4.90 Å². The molecule has 18 heavy (non-hydrogen) atoms. The molecule has 0 amide bonds. The number of hydrogen-bond acceptors (Lipinski definition) is 6. The minimum absolute atomic E-state index is 0.0648. The number of nitro groups is 1. The quantitative estimate of drug-likeness (QED) is 0.449. The molecule has 0 fully saturated rings. The molecule has 1 aromatic heterocycles. The Morgan fingerprint density at radius 2 is 2.33 bits per heavy atom. The number of rotatable bonds is 6. The molecular formula is C11H13N3O3S. The van der Waals surface area contributed by atoms with Crippen LogP contribution >= 0.6 is 11.3 Å². The first-order valence-corrected chi connectivity index (χ1v) is 6.24. The van der Waals surface area contributed by atoms with Crippen molar-refractivity contribution in [1.29, 1.82) is 5.26 Å². The van der Waals surface area contributed by atoms with E-state index in [0.29, 0.717) is 23.0 Å². The van der Waals surface area contributed by atoms with E-state index in [9.17, 15) is 14.9 Å². The van der Waals surface area contributed by atoms with Crippen LogP contribution in [-0.4, -0.2) is 23.8 Å². The number of carbonyl (C=O) groups excluding carboxylic acids is 1. The number of thiophene rings is 1. The van der Waals surface area contributed by atoms with Crippen molar-refractivity contribution in [1.82, 2.24) is 0 Å². The lowest BCUT2D eigenvalue weighted by Crippen LogP contribution is -2.23.